The molecule has 9 heteroatoms. The zero-order chi connectivity index (χ0) is 19.9. The van der Waals surface area contributed by atoms with Gasteiger partial charge in [-0.3, -0.25) is 14.5 Å². The van der Waals surface area contributed by atoms with Crippen LogP contribution in [0.4, 0.5) is 4.79 Å². The van der Waals surface area contributed by atoms with Crippen molar-refractivity contribution in [2.75, 3.05) is 13.7 Å². The summed E-state index contributed by atoms with van der Waals surface area (Å²) in [5, 5.41) is 8.32. The van der Waals surface area contributed by atoms with Gasteiger partial charge in [0.1, 0.15) is 11.8 Å². The number of imide groups is 1. The first-order chi connectivity index (χ1) is 13.6. The molecule has 1 fully saturated rings. The highest BCUT2D eigenvalue weighted by atomic mass is 32.1. The Morgan fingerprint density at radius 1 is 1.32 bits per heavy atom. The Morgan fingerprint density at radius 2 is 2.11 bits per heavy atom. The number of ether oxygens (including phenoxy) is 1. The molecule has 0 radical (unpaired) electrons. The van der Waals surface area contributed by atoms with Crippen LogP contribution in [0.25, 0.3) is 0 Å². The van der Waals surface area contributed by atoms with Gasteiger partial charge in [-0.05, 0) is 24.1 Å². The van der Waals surface area contributed by atoms with Crippen LogP contribution in [0.2, 0.25) is 0 Å². The van der Waals surface area contributed by atoms with Crippen LogP contribution in [0.1, 0.15) is 23.4 Å². The maximum atomic E-state index is 12.5. The number of carbonyl (C=O) groups excluding carboxylic acids is 3. The van der Waals surface area contributed by atoms with Crippen LogP contribution in [0.5, 0.6) is 5.75 Å². The van der Waals surface area contributed by atoms with Crippen molar-refractivity contribution < 1.29 is 19.1 Å². The average molecular weight is 402 g/mol. The summed E-state index contributed by atoms with van der Waals surface area (Å²) >= 11 is 1.54. The number of hydrogen-bond acceptors (Lipinski definition) is 6. The molecule has 28 heavy (non-hydrogen) atoms. The average Bonchev–Trinajstić information content (AvgIpc) is 3.31. The second-order valence-electron chi connectivity index (χ2n) is 6.34. The van der Waals surface area contributed by atoms with E-state index in [4.69, 9.17) is 4.74 Å². The van der Waals surface area contributed by atoms with Crippen molar-refractivity contribution in [2.45, 2.75) is 31.8 Å². The van der Waals surface area contributed by atoms with Gasteiger partial charge in [-0.15, -0.1) is 11.3 Å². The number of thiazole rings is 1. The first-order valence-electron chi connectivity index (χ1n) is 8.96. The molecule has 1 aromatic heterocycles. The third kappa shape index (κ3) is 5.07. The van der Waals surface area contributed by atoms with Gasteiger partial charge in [0, 0.05) is 31.0 Å². The van der Waals surface area contributed by atoms with E-state index in [1.165, 1.54) is 4.90 Å². The molecule has 1 atom stereocenters. The Bertz CT molecular complexity index is 823. The van der Waals surface area contributed by atoms with Gasteiger partial charge in [0.2, 0.25) is 5.91 Å². The van der Waals surface area contributed by atoms with Crippen LogP contribution in [0.3, 0.4) is 0 Å². The maximum Gasteiger partial charge on any atom is 0.325 e. The molecule has 1 saturated heterocycles. The Kier molecular flexibility index (Phi) is 6.59. The minimum atomic E-state index is -0.671. The first kappa shape index (κ1) is 19.8. The van der Waals surface area contributed by atoms with Crippen molar-refractivity contribution in [2.24, 2.45) is 0 Å². The van der Waals surface area contributed by atoms with Crippen molar-refractivity contribution in [1.29, 1.82) is 0 Å². The molecule has 1 aromatic carbocycles. The van der Waals surface area contributed by atoms with E-state index >= 15 is 0 Å². The van der Waals surface area contributed by atoms with E-state index < -0.39 is 12.1 Å². The number of nitrogens with zero attached hydrogens (tertiary/aromatic N) is 2. The Hall–Kier alpha value is -2.94. The van der Waals surface area contributed by atoms with E-state index in [0.29, 0.717) is 18.7 Å². The number of nitrogens with one attached hydrogen (secondary N) is 2. The van der Waals surface area contributed by atoms with E-state index in [2.05, 4.69) is 15.6 Å². The lowest BCUT2D eigenvalue weighted by Gasteiger charge is -2.13. The molecule has 148 valence electrons. The summed E-state index contributed by atoms with van der Waals surface area (Å²) in [6.45, 7) is 0.687. The van der Waals surface area contributed by atoms with Crippen molar-refractivity contribution in [3.63, 3.8) is 0 Å². The lowest BCUT2D eigenvalue weighted by molar-refractivity contribution is -0.128. The molecule has 0 unspecified atom stereocenters. The smallest absolute Gasteiger partial charge is 0.325 e. The van der Waals surface area contributed by atoms with Gasteiger partial charge >= 0.3 is 6.03 Å². The summed E-state index contributed by atoms with van der Waals surface area (Å²) < 4.78 is 5.10. The number of methoxy groups -OCH3 is 1. The predicted octanol–water partition coefficient (Wildman–Crippen LogP) is 1.71. The first-order valence-corrected chi connectivity index (χ1v) is 9.84. The lowest BCUT2D eigenvalue weighted by Crippen LogP contribution is -2.33. The third-order valence-corrected chi connectivity index (χ3v) is 5.25. The van der Waals surface area contributed by atoms with E-state index in [-0.39, 0.29) is 31.2 Å². The highest BCUT2D eigenvalue weighted by Gasteiger charge is 2.37. The van der Waals surface area contributed by atoms with Gasteiger partial charge in [0.05, 0.1) is 18.7 Å². The molecule has 3 rings (SSSR count). The van der Waals surface area contributed by atoms with Gasteiger partial charge in [0.25, 0.3) is 5.91 Å². The van der Waals surface area contributed by atoms with E-state index in [1.54, 1.807) is 36.8 Å². The SMILES string of the molecule is COc1ccc(CN2C(=O)N[C@H](CCC(=O)NCCc3nccs3)C2=O)cc1. The van der Waals surface area contributed by atoms with Gasteiger partial charge in [-0.2, -0.15) is 0 Å². The normalized spacial score (nSPS) is 16.2. The summed E-state index contributed by atoms with van der Waals surface area (Å²) in [4.78, 5) is 41.9. The summed E-state index contributed by atoms with van der Waals surface area (Å²) in [7, 11) is 1.58. The number of hydrogen-bond donors (Lipinski definition) is 2. The quantitative estimate of drug-likeness (QED) is 0.622. The largest absolute Gasteiger partial charge is 0.497 e. The number of amides is 4. The Labute approximate surface area is 166 Å². The van der Waals surface area contributed by atoms with Gasteiger partial charge in [0.15, 0.2) is 0 Å². The van der Waals surface area contributed by atoms with Gasteiger partial charge in [-0.1, -0.05) is 12.1 Å². The highest BCUT2D eigenvalue weighted by molar-refractivity contribution is 7.09. The molecule has 1 aliphatic heterocycles. The molecule has 4 amide bonds. The molecule has 0 spiro atoms. The molecular weight excluding hydrogens is 380 g/mol. The summed E-state index contributed by atoms with van der Waals surface area (Å²) in [5.41, 5.74) is 0.824. The van der Waals surface area contributed by atoms with E-state index in [0.717, 1.165) is 10.6 Å². The lowest BCUT2D eigenvalue weighted by atomic mass is 10.1. The Morgan fingerprint density at radius 3 is 2.79 bits per heavy atom. The summed E-state index contributed by atoms with van der Waals surface area (Å²) in [5.74, 6) is 0.253. The van der Waals surface area contributed by atoms with Gasteiger partial charge in [-0.25, -0.2) is 9.78 Å². The van der Waals surface area contributed by atoms with Crippen LogP contribution < -0.4 is 15.4 Å². The molecule has 0 bridgehead atoms. The molecule has 2 N–H and O–H groups in total. The van der Waals surface area contributed by atoms with Crippen LogP contribution in [-0.4, -0.2) is 47.4 Å². The third-order valence-electron chi connectivity index (χ3n) is 4.41. The van der Waals surface area contributed by atoms with Crippen LogP contribution >= 0.6 is 11.3 Å². The predicted molar refractivity (Wildman–Crippen MR) is 104 cm³/mol. The monoisotopic (exact) mass is 402 g/mol. The van der Waals surface area contributed by atoms with Crippen LogP contribution in [0, 0.1) is 0 Å². The van der Waals surface area contributed by atoms with E-state index in [9.17, 15) is 14.4 Å². The molecule has 0 aliphatic carbocycles. The second-order valence-corrected chi connectivity index (χ2v) is 7.32. The van der Waals surface area contributed by atoms with Crippen molar-refractivity contribution in [3.8, 4) is 5.75 Å². The second kappa shape index (κ2) is 9.32. The Balaban J connectivity index is 1.44. The summed E-state index contributed by atoms with van der Waals surface area (Å²) in [6, 6.07) is 6.07. The van der Waals surface area contributed by atoms with Crippen LogP contribution in [-0.2, 0) is 22.6 Å². The van der Waals surface area contributed by atoms with Gasteiger partial charge < -0.3 is 15.4 Å². The van der Waals surface area contributed by atoms with Crippen molar-refractivity contribution in [1.82, 2.24) is 20.5 Å². The zero-order valence-electron chi connectivity index (χ0n) is 15.5. The maximum absolute atomic E-state index is 12.5. The van der Waals surface area contributed by atoms with Crippen molar-refractivity contribution in [3.05, 3.63) is 46.4 Å². The fourth-order valence-corrected chi connectivity index (χ4v) is 3.51. The molecule has 8 nitrogen and oxygen atoms in total. The fraction of sp³-hybridized carbons (Fsp3) is 0.368. The molecule has 2 heterocycles. The van der Waals surface area contributed by atoms with Crippen molar-refractivity contribution >= 4 is 29.2 Å². The van der Waals surface area contributed by atoms with Crippen LogP contribution in [0.15, 0.2) is 35.8 Å². The number of carbonyl (C=O) groups is 3. The van der Waals surface area contributed by atoms with E-state index in [1.807, 2.05) is 17.5 Å². The topological polar surface area (TPSA) is 101 Å². The number of aromatic nitrogens is 1. The number of rotatable bonds is 9. The number of urea groups is 1. The molecule has 2 aromatic rings. The molecular formula is C19H22N4O4S. The summed E-state index contributed by atoms with van der Waals surface area (Å²) in [6.07, 6.45) is 2.85. The fourth-order valence-electron chi connectivity index (χ4n) is 2.88. The highest BCUT2D eigenvalue weighted by Crippen LogP contribution is 2.17. The molecule has 1 aliphatic rings. The zero-order valence-corrected chi connectivity index (χ0v) is 16.3. The minimum absolute atomic E-state index is 0.146. The standard InChI is InChI=1S/C19H22N4O4S/c1-27-14-4-2-13(3-5-14)12-23-18(25)15(22-19(23)26)6-7-16(24)20-9-8-17-21-10-11-28-17/h2-5,10-11,15H,6-9,12H2,1H3,(H,20,24)(H,22,26)/t15-/m1/s1. The minimum Gasteiger partial charge on any atom is -0.497 e. The number of benzene rings is 1. The molecule has 0 saturated carbocycles.